The van der Waals surface area contributed by atoms with Crippen LogP contribution < -0.4 is 10.2 Å². The lowest BCUT2D eigenvalue weighted by molar-refractivity contribution is 0.395. The molecule has 7 nitrogen and oxygen atoms in total. The summed E-state index contributed by atoms with van der Waals surface area (Å²) in [5, 5.41) is 40.4. The van der Waals surface area contributed by atoms with Crippen molar-refractivity contribution < 1.29 is 29.6 Å². The van der Waals surface area contributed by atoms with E-state index >= 15 is 0 Å². The maximum atomic E-state index is 13.2. The molecule has 0 saturated heterocycles. The summed E-state index contributed by atoms with van der Waals surface area (Å²) in [7, 11) is 1.29. The number of benzene rings is 2. The van der Waals surface area contributed by atoms with Crippen LogP contribution in [0.25, 0.3) is 22.3 Å². The molecule has 0 saturated carbocycles. The van der Waals surface area contributed by atoms with Crippen LogP contribution in [-0.4, -0.2) is 27.5 Å². The monoisotopic (exact) mass is 452 g/mol. The summed E-state index contributed by atoms with van der Waals surface area (Å²) in [6.07, 6.45) is 6.11. The Morgan fingerprint density at radius 3 is 2.33 bits per heavy atom. The van der Waals surface area contributed by atoms with Gasteiger partial charge in [-0.3, -0.25) is 4.79 Å². The summed E-state index contributed by atoms with van der Waals surface area (Å²) in [6, 6.07) is 5.06. The first-order valence-corrected chi connectivity index (χ1v) is 10.5. The Bertz CT molecular complexity index is 1310. The average Bonchev–Trinajstić information content (AvgIpc) is 2.74. The van der Waals surface area contributed by atoms with Crippen molar-refractivity contribution in [2.24, 2.45) is 0 Å². The molecule has 3 rings (SSSR count). The van der Waals surface area contributed by atoms with Crippen molar-refractivity contribution in [3.05, 3.63) is 63.4 Å². The quantitative estimate of drug-likeness (QED) is 0.275. The maximum Gasteiger partial charge on any atom is 0.239 e. The number of phenols is 4. The molecule has 7 heteroatoms. The number of hydrogen-bond acceptors (Lipinski definition) is 7. The van der Waals surface area contributed by atoms with Gasteiger partial charge in [0.2, 0.25) is 11.2 Å². The van der Waals surface area contributed by atoms with E-state index in [1.165, 1.54) is 30.9 Å². The van der Waals surface area contributed by atoms with Gasteiger partial charge in [0.25, 0.3) is 0 Å². The standard InChI is InChI=1S/C26H28O7/c1-14(2)6-5-7-15(3)8-10-17-19(28)13-21(30)22-23(31)26(32-4)24(33-25(17)22)16-9-11-18(27)20(29)12-16/h6,8-9,11-13,27-30H,5,7,10H2,1-4H3/b15-8+. The van der Waals surface area contributed by atoms with E-state index < -0.39 is 16.9 Å². The molecule has 0 radical (unpaired) electrons. The summed E-state index contributed by atoms with van der Waals surface area (Å²) < 4.78 is 11.3. The zero-order chi connectivity index (χ0) is 24.3. The van der Waals surface area contributed by atoms with E-state index in [4.69, 9.17) is 9.15 Å². The van der Waals surface area contributed by atoms with Crippen molar-refractivity contribution in [2.75, 3.05) is 7.11 Å². The molecule has 33 heavy (non-hydrogen) atoms. The minimum absolute atomic E-state index is 0.000750. The molecular weight excluding hydrogens is 424 g/mol. The SMILES string of the molecule is COc1c(-c2ccc(O)c(O)c2)oc2c(C/C=C(\C)CCC=C(C)C)c(O)cc(O)c2c1=O. The first-order chi connectivity index (χ1) is 15.6. The molecule has 0 aliphatic rings. The average molecular weight is 453 g/mol. The highest BCUT2D eigenvalue weighted by atomic mass is 16.5. The van der Waals surface area contributed by atoms with Gasteiger partial charge in [0.05, 0.1) is 7.11 Å². The highest BCUT2D eigenvalue weighted by Gasteiger charge is 2.23. The largest absolute Gasteiger partial charge is 0.507 e. The lowest BCUT2D eigenvalue weighted by Crippen LogP contribution is -2.09. The molecule has 0 spiro atoms. The fraction of sp³-hybridized carbons (Fsp3) is 0.269. The van der Waals surface area contributed by atoms with Gasteiger partial charge in [0.1, 0.15) is 22.5 Å². The number of aromatic hydroxyl groups is 4. The van der Waals surface area contributed by atoms with Crippen molar-refractivity contribution in [2.45, 2.75) is 40.0 Å². The minimum Gasteiger partial charge on any atom is -0.507 e. The third kappa shape index (κ3) is 4.98. The Kier molecular flexibility index (Phi) is 7.01. The molecular formula is C26H28O7. The van der Waals surface area contributed by atoms with Gasteiger partial charge in [-0.05, 0) is 58.2 Å². The molecule has 0 bridgehead atoms. The predicted octanol–water partition coefficient (Wildman–Crippen LogP) is 5.53. The fourth-order valence-electron chi connectivity index (χ4n) is 3.57. The lowest BCUT2D eigenvalue weighted by atomic mass is 10.0. The number of ether oxygens (including phenoxy) is 1. The van der Waals surface area contributed by atoms with Crippen molar-refractivity contribution in [3.8, 4) is 40.1 Å². The predicted molar refractivity (Wildman–Crippen MR) is 127 cm³/mol. The molecule has 4 N–H and O–H groups in total. The zero-order valence-electron chi connectivity index (χ0n) is 19.1. The van der Waals surface area contributed by atoms with Gasteiger partial charge in [-0.25, -0.2) is 0 Å². The van der Waals surface area contributed by atoms with Crippen LogP contribution in [0.3, 0.4) is 0 Å². The number of methoxy groups -OCH3 is 1. The van der Waals surface area contributed by atoms with E-state index in [0.717, 1.165) is 24.5 Å². The van der Waals surface area contributed by atoms with E-state index in [-0.39, 0.29) is 46.0 Å². The Balaban J connectivity index is 2.19. The Labute approximate surface area is 191 Å². The van der Waals surface area contributed by atoms with Crippen LogP contribution in [0.4, 0.5) is 0 Å². The minimum atomic E-state index is -0.621. The summed E-state index contributed by atoms with van der Waals surface area (Å²) in [6.45, 7) is 6.07. The molecule has 0 unspecified atom stereocenters. The molecule has 1 heterocycles. The van der Waals surface area contributed by atoms with Crippen molar-refractivity contribution in [3.63, 3.8) is 0 Å². The zero-order valence-corrected chi connectivity index (χ0v) is 19.1. The van der Waals surface area contributed by atoms with Crippen LogP contribution in [0.1, 0.15) is 39.2 Å². The number of phenolic OH excluding ortho intramolecular Hbond substituents is 4. The third-order valence-electron chi connectivity index (χ3n) is 5.37. The maximum absolute atomic E-state index is 13.2. The van der Waals surface area contributed by atoms with E-state index in [0.29, 0.717) is 5.56 Å². The second kappa shape index (κ2) is 9.73. The summed E-state index contributed by atoms with van der Waals surface area (Å²) >= 11 is 0. The smallest absolute Gasteiger partial charge is 0.239 e. The van der Waals surface area contributed by atoms with Crippen LogP contribution >= 0.6 is 0 Å². The van der Waals surface area contributed by atoms with Crippen LogP contribution in [0.5, 0.6) is 28.7 Å². The number of hydrogen-bond donors (Lipinski definition) is 4. The molecule has 174 valence electrons. The highest BCUT2D eigenvalue weighted by molar-refractivity contribution is 5.91. The second-order valence-corrected chi connectivity index (χ2v) is 8.17. The molecule has 1 aromatic heterocycles. The Hall–Kier alpha value is -3.87. The van der Waals surface area contributed by atoms with E-state index in [1.807, 2.05) is 26.8 Å². The van der Waals surface area contributed by atoms with Gasteiger partial charge < -0.3 is 29.6 Å². The van der Waals surface area contributed by atoms with Gasteiger partial charge in [0, 0.05) is 17.2 Å². The fourth-order valence-corrected chi connectivity index (χ4v) is 3.57. The summed E-state index contributed by atoms with van der Waals surface area (Å²) in [5.74, 6) is -1.53. The van der Waals surface area contributed by atoms with Crippen molar-refractivity contribution in [1.29, 1.82) is 0 Å². The van der Waals surface area contributed by atoms with Crippen LogP contribution in [-0.2, 0) is 6.42 Å². The van der Waals surface area contributed by atoms with E-state index in [9.17, 15) is 25.2 Å². The molecule has 2 aromatic carbocycles. The van der Waals surface area contributed by atoms with Crippen molar-refractivity contribution in [1.82, 2.24) is 0 Å². The Morgan fingerprint density at radius 2 is 1.70 bits per heavy atom. The third-order valence-corrected chi connectivity index (χ3v) is 5.37. The summed E-state index contributed by atoms with van der Waals surface area (Å²) in [5.41, 5.74) is 2.37. The van der Waals surface area contributed by atoms with E-state index in [2.05, 4.69) is 6.08 Å². The molecule has 3 aromatic rings. The summed E-state index contributed by atoms with van der Waals surface area (Å²) in [4.78, 5) is 13.2. The van der Waals surface area contributed by atoms with Gasteiger partial charge in [-0.1, -0.05) is 23.3 Å². The first kappa shape index (κ1) is 23.8. The number of fused-ring (bicyclic) bond motifs is 1. The Morgan fingerprint density at radius 1 is 0.970 bits per heavy atom. The van der Waals surface area contributed by atoms with Crippen LogP contribution in [0, 0.1) is 0 Å². The van der Waals surface area contributed by atoms with Crippen LogP contribution in [0.2, 0.25) is 0 Å². The molecule has 0 fully saturated rings. The highest BCUT2D eigenvalue weighted by Crippen LogP contribution is 2.40. The normalized spacial score (nSPS) is 11.6. The first-order valence-electron chi connectivity index (χ1n) is 10.5. The second-order valence-electron chi connectivity index (χ2n) is 8.17. The molecule has 0 atom stereocenters. The van der Waals surface area contributed by atoms with Gasteiger partial charge >= 0.3 is 0 Å². The number of allylic oxidation sites excluding steroid dienone is 4. The number of rotatable bonds is 7. The van der Waals surface area contributed by atoms with Gasteiger partial charge in [-0.15, -0.1) is 0 Å². The molecule has 0 aliphatic carbocycles. The topological polar surface area (TPSA) is 120 Å². The van der Waals surface area contributed by atoms with Crippen molar-refractivity contribution >= 4 is 11.0 Å². The van der Waals surface area contributed by atoms with Gasteiger partial charge in [-0.2, -0.15) is 0 Å². The lowest BCUT2D eigenvalue weighted by Gasteiger charge is -2.13. The van der Waals surface area contributed by atoms with Crippen LogP contribution in [0.15, 0.2) is 56.8 Å². The van der Waals surface area contributed by atoms with E-state index in [1.54, 1.807) is 0 Å². The molecule has 0 amide bonds. The van der Waals surface area contributed by atoms with Gasteiger partial charge in [0.15, 0.2) is 17.3 Å². The molecule has 0 aliphatic heterocycles.